The van der Waals surface area contributed by atoms with E-state index >= 15 is 0 Å². The average Bonchev–Trinajstić information content (AvgIpc) is 2.41. The Hall–Kier alpha value is -2.08. The lowest BCUT2D eigenvalue weighted by Gasteiger charge is -2.03. The zero-order chi connectivity index (χ0) is 12.8. The molecular weight excluding hydrogens is 216 g/mol. The van der Waals surface area contributed by atoms with Gasteiger partial charge in [0.15, 0.2) is 0 Å². The fourth-order valence-corrected chi connectivity index (χ4v) is 1.83. The Bertz CT molecular complexity index is 492. The standard InChI is InChI=1S/C18H18/c1-15(13-17-9-5-3-6-10-17)16(2)14-18-11-7-4-8-12-18/h3-14H,1-2H3. The summed E-state index contributed by atoms with van der Waals surface area (Å²) in [6.07, 6.45) is 4.43. The summed E-state index contributed by atoms with van der Waals surface area (Å²) in [6, 6.07) is 20.8. The van der Waals surface area contributed by atoms with Crippen LogP contribution in [-0.4, -0.2) is 0 Å². The van der Waals surface area contributed by atoms with Crippen LogP contribution in [0, 0.1) is 0 Å². The molecule has 2 aromatic carbocycles. The van der Waals surface area contributed by atoms with E-state index in [4.69, 9.17) is 0 Å². The second kappa shape index (κ2) is 6.02. The van der Waals surface area contributed by atoms with Crippen LogP contribution in [-0.2, 0) is 0 Å². The summed E-state index contributed by atoms with van der Waals surface area (Å²) in [5.41, 5.74) is 5.08. The third-order valence-electron chi connectivity index (χ3n) is 2.99. The minimum atomic E-state index is 1.25. The predicted octanol–water partition coefficient (Wildman–Crippen LogP) is 5.19. The number of hydrogen-bond donors (Lipinski definition) is 0. The lowest BCUT2D eigenvalue weighted by atomic mass is 10.0. The highest BCUT2D eigenvalue weighted by molar-refractivity contribution is 5.64. The Morgan fingerprint density at radius 2 is 0.944 bits per heavy atom. The minimum absolute atomic E-state index is 1.25. The van der Waals surface area contributed by atoms with Gasteiger partial charge in [-0.15, -0.1) is 0 Å². The van der Waals surface area contributed by atoms with Gasteiger partial charge in [0.25, 0.3) is 0 Å². The van der Waals surface area contributed by atoms with Crippen molar-refractivity contribution in [3.63, 3.8) is 0 Å². The van der Waals surface area contributed by atoms with E-state index in [1.165, 1.54) is 22.3 Å². The topological polar surface area (TPSA) is 0 Å². The zero-order valence-electron chi connectivity index (χ0n) is 10.9. The van der Waals surface area contributed by atoms with Gasteiger partial charge < -0.3 is 0 Å². The summed E-state index contributed by atoms with van der Waals surface area (Å²) in [5.74, 6) is 0. The molecule has 0 heterocycles. The molecule has 90 valence electrons. The van der Waals surface area contributed by atoms with Gasteiger partial charge in [0.2, 0.25) is 0 Å². The first kappa shape index (κ1) is 12.4. The highest BCUT2D eigenvalue weighted by atomic mass is 14.0. The van der Waals surface area contributed by atoms with Gasteiger partial charge in [-0.05, 0) is 36.1 Å². The number of allylic oxidation sites excluding steroid dienone is 2. The summed E-state index contributed by atoms with van der Waals surface area (Å²) >= 11 is 0. The predicted molar refractivity (Wildman–Crippen MR) is 80.2 cm³/mol. The van der Waals surface area contributed by atoms with Gasteiger partial charge in [0.05, 0.1) is 0 Å². The Balaban J connectivity index is 2.21. The number of rotatable bonds is 3. The van der Waals surface area contributed by atoms with Crippen molar-refractivity contribution in [2.45, 2.75) is 13.8 Å². The molecule has 0 saturated heterocycles. The van der Waals surface area contributed by atoms with Crippen LogP contribution < -0.4 is 0 Å². The van der Waals surface area contributed by atoms with Gasteiger partial charge in [-0.2, -0.15) is 0 Å². The third kappa shape index (κ3) is 3.46. The van der Waals surface area contributed by atoms with Crippen LogP contribution in [0.3, 0.4) is 0 Å². The van der Waals surface area contributed by atoms with E-state index in [2.05, 4.69) is 74.5 Å². The maximum absolute atomic E-state index is 2.22. The Morgan fingerprint density at radius 1 is 0.611 bits per heavy atom. The van der Waals surface area contributed by atoms with Gasteiger partial charge in [-0.1, -0.05) is 72.8 Å². The maximum atomic E-state index is 2.22. The molecule has 0 aromatic heterocycles. The normalized spacial score (nSPS) is 12.6. The fourth-order valence-electron chi connectivity index (χ4n) is 1.83. The summed E-state index contributed by atoms with van der Waals surface area (Å²) in [7, 11) is 0. The molecule has 0 bridgehead atoms. The quantitative estimate of drug-likeness (QED) is 0.641. The molecule has 0 N–H and O–H groups in total. The van der Waals surface area contributed by atoms with Crippen molar-refractivity contribution >= 4 is 12.2 Å². The molecule has 0 heteroatoms. The molecule has 0 fully saturated rings. The van der Waals surface area contributed by atoms with Crippen LogP contribution in [0.15, 0.2) is 71.8 Å². The molecular formula is C18H18. The average molecular weight is 234 g/mol. The van der Waals surface area contributed by atoms with Crippen molar-refractivity contribution in [2.24, 2.45) is 0 Å². The molecule has 0 spiro atoms. The zero-order valence-corrected chi connectivity index (χ0v) is 10.9. The van der Waals surface area contributed by atoms with Crippen LogP contribution in [0.1, 0.15) is 25.0 Å². The van der Waals surface area contributed by atoms with Crippen molar-refractivity contribution < 1.29 is 0 Å². The second-order valence-electron chi connectivity index (χ2n) is 4.48. The van der Waals surface area contributed by atoms with Crippen LogP contribution in [0.4, 0.5) is 0 Å². The summed E-state index contributed by atoms with van der Waals surface area (Å²) in [6.45, 7) is 4.31. The number of hydrogen-bond acceptors (Lipinski definition) is 0. The minimum Gasteiger partial charge on any atom is -0.0622 e. The third-order valence-corrected chi connectivity index (χ3v) is 2.99. The van der Waals surface area contributed by atoms with E-state index < -0.39 is 0 Å². The van der Waals surface area contributed by atoms with Gasteiger partial charge >= 0.3 is 0 Å². The maximum Gasteiger partial charge on any atom is -0.0254 e. The van der Waals surface area contributed by atoms with Crippen LogP contribution in [0.2, 0.25) is 0 Å². The highest BCUT2D eigenvalue weighted by Crippen LogP contribution is 2.16. The molecule has 0 radical (unpaired) electrons. The molecule has 0 atom stereocenters. The highest BCUT2D eigenvalue weighted by Gasteiger charge is 1.95. The van der Waals surface area contributed by atoms with E-state index in [1.54, 1.807) is 0 Å². The van der Waals surface area contributed by atoms with Gasteiger partial charge in [0, 0.05) is 0 Å². The second-order valence-corrected chi connectivity index (χ2v) is 4.48. The van der Waals surface area contributed by atoms with E-state index in [1.807, 2.05) is 12.1 Å². The van der Waals surface area contributed by atoms with Crippen molar-refractivity contribution in [2.75, 3.05) is 0 Å². The number of benzene rings is 2. The smallest absolute Gasteiger partial charge is 0.0254 e. The molecule has 2 aromatic rings. The van der Waals surface area contributed by atoms with E-state index in [0.717, 1.165) is 0 Å². The van der Waals surface area contributed by atoms with Gasteiger partial charge in [-0.25, -0.2) is 0 Å². The molecule has 0 aliphatic heterocycles. The Labute approximate surface area is 109 Å². The molecule has 18 heavy (non-hydrogen) atoms. The van der Waals surface area contributed by atoms with E-state index in [-0.39, 0.29) is 0 Å². The van der Waals surface area contributed by atoms with Crippen LogP contribution in [0.25, 0.3) is 12.2 Å². The summed E-state index contributed by atoms with van der Waals surface area (Å²) < 4.78 is 0. The van der Waals surface area contributed by atoms with E-state index in [9.17, 15) is 0 Å². The van der Waals surface area contributed by atoms with Crippen molar-refractivity contribution in [3.8, 4) is 0 Å². The van der Waals surface area contributed by atoms with Crippen molar-refractivity contribution in [3.05, 3.63) is 82.9 Å². The lowest BCUT2D eigenvalue weighted by molar-refractivity contribution is 1.38. The summed E-state index contributed by atoms with van der Waals surface area (Å²) in [5, 5.41) is 0. The first-order valence-corrected chi connectivity index (χ1v) is 6.23. The van der Waals surface area contributed by atoms with Crippen molar-refractivity contribution in [1.29, 1.82) is 0 Å². The van der Waals surface area contributed by atoms with E-state index in [0.29, 0.717) is 0 Å². The molecule has 2 rings (SSSR count). The molecule has 0 nitrogen and oxygen atoms in total. The molecule has 0 aliphatic carbocycles. The molecule has 0 amide bonds. The lowest BCUT2D eigenvalue weighted by Crippen LogP contribution is -1.81. The molecule has 0 aliphatic rings. The molecule has 0 unspecified atom stereocenters. The van der Waals surface area contributed by atoms with Crippen LogP contribution >= 0.6 is 0 Å². The summed E-state index contributed by atoms with van der Waals surface area (Å²) in [4.78, 5) is 0. The Morgan fingerprint density at radius 3 is 1.28 bits per heavy atom. The first-order valence-electron chi connectivity index (χ1n) is 6.23. The SMILES string of the molecule is CC(=Cc1ccccc1)C(C)=Cc1ccccc1. The van der Waals surface area contributed by atoms with Gasteiger partial charge in [0.1, 0.15) is 0 Å². The molecule has 0 saturated carbocycles. The van der Waals surface area contributed by atoms with Gasteiger partial charge in [-0.3, -0.25) is 0 Å². The van der Waals surface area contributed by atoms with Crippen LogP contribution in [0.5, 0.6) is 0 Å². The van der Waals surface area contributed by atoms with Crippen molar-refractivity contribution in [1.82, 2.24) is 0 Å². The largest absolute Gasteiger partial charge is 0.0622 e. The monoisotopic (exact) mass is 234 g/mol. The first-order chi connectivity index (χ1) is 8.75. The Kier molecular flexibility index (Phi) is 4.14. The fraction of sp³-hybridized carbons (Fsp3) is 0.111.